The summed E-state index contributed by atoms with van der Waals surface area (Å²) in [7, 11) is 0. The topological polar surface area (TPSA) is 107 Å². The first-order valence-electron chi connectivity index (χ1n) is 6.60. The summed E-state index contributed by atoms with van der Waals surface area (Å²) in [6.07, 6.45) is -5.28. The number of anilines is 2. The standard InChI is InChI=1S/C14H7ClF3N3O5/c15-8-2-1-3-9(4-8)19(7-22)13-11(14(16,17)18)5-10(20(23)24)6-12(13)21(25)26/h1-7H. The Morgan fingerprint density at radius 2 is 1.73 bits per heavy atom. The first-order valence-corrected chi connectivity index (χ1v) is 6.98. The van der Waals surface area contributed by atoms with Crippen LogP contribution in [0.2, 0.25) is 5.02 Å². The number of rotatable bonds is 5. The van der Waals surface area contributed by atoms with Crippen LogP contribution >= 0.6 is 11.6 Å². The third-order valence-electron chi connectivity index (χ3n) is 3.22. The first-order chi connectivity index (χ1) is 12.1. The summed E-state index contributed by atoms with van der Waals surface area (Å²) < 4.78 is 40.2. The van der Waals surface area contributed by atoms with Crippen molar-refractivity contribution in [2.75, 3.05) is 4.90 Å². The Balaban J connectivity index is 2.89. The minimum atomic E-state index is -5.20. The number of carbonyl (C=O) groups excluding carboxylic acids is 1. The molecular formula is C14H7ClF3N3O5. The second-order valence-electron chi connectivity index (χ2n) is 4.83. The zero-order chi connectivity index (χ0) is 19.6. The molecule has 2 aromatic carbocycles. The number of halogens is 4. The van der Waals surface area contributed by atoms with Crippen molar-refractivity contribution in [2.24, 2.45) is 0 Å². The highest BCUT2D eigenvalue weighted by Crippen LogP contribution is 2.46. The number of carbonyl (C=O) groups is 1. The number of hydrogen-bond acceptors (Lipinski definition) is 5. The monoisotopic (exact) mass is 389 g/mol. The third kappa shape index (κ3) is 3.72. The van der Waals surface area contributed by atoms with E-state index >= 15 is 0 Å². The van der Waals surface area contributed by atoms with Gasteiger partial charge in [-0.3, -0.25) is 29.9 Å². The Hall–Kier alpha value is -3.21. The van der Waals surface area contributed by atoms with Gasteiger partial charge in [-0.15, -0.1) is 0 Å². The molecule has 0 aliphatic heterocycles. The molecule has 0 unspecified atom stereocenters. The molecule has 0 saturated heterocycles. The Morgan fingerprint density at radius 3 is 2.19 bits per heavy atom. The van der Waals surface area contributed by atoms with Gasteiger partial charge in [0.25, 0.3) is 5.69 Å². The number of hydrogen-bond donors (Lipinski definition) is 0. The molecule has 0 bridgehead atoms. The lowest BCUT2D eigenvalue weighted by atomic mass is 10.1. The highest BCUT2D eigenvalue weighted by molar-refractivity contribution is 6.30. The van der Waals surface area contributed by atoms with Crippen molar-refractivity contribution in [3.05, 3.63) is 67.2 Å². The summed E-state index contributed by atoms with van der Waals surface area (Å²) in [5.74, 6) is 0. The van der Waals surface area contributed by atoms with Crippen molar-refractivity contribution < 1.29 is 27.8 Å². The van der Waals surface area contributed by atoms with Gasteiger partial charge in [-0.1, -0.05) is 17.7 Å². The van der Waals surface area contributed by atoms with Crippen LogP contribution in [0, 0.1) is 20.2 Å². The summed E-state index contributed by atoms with van der Waals surface area (Å²) >= 11 is 5.74. The summed E-state index contributed by atoms with van der Waals surface area (Å²) in [5.41, 5.74) is -5.42. The van der Waals surface area contributed by atoms with Gasteiger partial charge in [0.05, 0.1) is 27.2 Å². The highest BCUT2D eigenvalue weighted by atomic mass is 35.5. The van der Waals surface area contributed by atoms with E-state index in [1.165, 1.54) is 18.2 Å². The van der Waals surface area contributed by atoms with Gasteiger partial charge in [0.2, 0.25) is 6.41 Å². The van der Waals surface area contributed by atoms with Gasteiger partial charge >= 0.3 is 11.9 Å². The first kappa shape index (κ1) is 19.1. The Labute approximate surface area is 147 Å². The van der Waals surface area contributed by atoms with E-state index in [0.29, 0.717) is 11.0 Å². The smallest absolute Gasteiger partial charge is 0.278 e. The largest absolute Gasteiger partial charge is 0.418 e. The molecule has 0 radical (unpaired) electrons. The maximum atomic E-state index is 13.4. The van der Waals surface area contributed by atoms with Crippen LogP contribution in [0.25, 0.3) is 0 Å². The minimum Gasteiger partial charge on any atom is -0.278 e. The summed E-state index contributed by atoms with van der Waals surface area (Å²) in [5, 5.41) is 22.1. The van der Waals surface area contributed by atoms with Crippen LogP contribution in [0.5, 0.6) is 0 Å². The molecule has 1 amide bonds. The fraction of sp³-hybridized carbons (Fsp3) is 0.0714. The molecule has 2 rings (SSSR count). The van der Waals surface area contributed by atoms with Gasteiger partial charge in [-0.05, 0) is 18.2 Å². The lowest BCUT2D eigenvalue weighted by Gasteiger charge is -2.22. The summed E-state index contributed by atoms with van der Waals surface area (Å²) in [6.45, 7) is 0. The SMILES string of the molecule is O=CN(c1cccc(Cl)c1)c1c([N+](=O)[O-])cc([N+](=O)[O-])cc1C(F)(F)F. The average Bonchev–Trinajstić information content (AvgIpc) is 2.54. The number of benzene rings is 2. The molecule has 0 atom stereocenters. The number of amides is 1. The molecule has 0 spiro atoms. The predicted octanol–water partition coefficient (Wildman–Crippen LogP) is 4.47. The van der Waals surface area contributed by atoms with Crippen LogP contribution in [0.1, 0.15) is 5.56 Å². The molecule has 0 aromatic heterocycles. The van der Waals surface area contributed by atoms with Gasteiger partial charge in [-0.2, -0.15) is 13.2 Å². The van der Waals surface area contributed by atoms with Crippen molar-refractivity contribution in [1.82, 2.24) is 0 Å². The van der Waals surface area contributed by atoms with Gasteiger partial charge in [0.15, 0.2) is 0 Å². The van der Waals surface area contributed by atoms with E-state index in [-0.39, 0.29) is 23.2 Å². The molecule has 0 saturated carbocycles. The maximum absolute atomic E-state index is 13.4. The van der Waals surface area contributed by atoms with Crippen molar-refractivity contribution in [3.8, 4) is 0 Å². The van der Waals surface area contributed by atoms with Crippen molar-refractivity contribution in [3.63, 3.8) is 0 Å². The van der Waals surface area contributed by atoms with Crippen molar-refractivity contribution in [1.29, 1.82) is 0 Å². The molecule has 0 fully saturated rings. The van der Waals surface area contributed by atoms with Crippen LogP contribution in [0.3, 0.4) is 0 Å². The number of nitro groups is 2. The van der Waals surface area contributed by atoms with Gasteiger partial charge < -0.3 is 0 Å². The van der Waals surface area contributed by atoms with Crippen molar-refractivity contribution >= 4 is 40.8 Å². The fourth-order valence-corrected chi connectivity index (χ4v) is 2.37. The zero-order valence-corrected chi connectivity index (χ0v) is 13.2. The van der Waals surface area contributed by atoms with E-state index in [2.05, 4.69) is 0 Å². The van der Waals surface area contributed by atoms with Crippen LogP contribution in [0.4, 0.5) is 35.9 Å². The van der Waals surface area contributed by atoms with E-state index in [0.717, 1.165) is 6.07 Å². The quantitative estimate of drug-likeness (QED) is 0.426. The van der Waals surface area contributed by atoms with Crippen LogP contribution in [-0.4, -0.2) is 16.3 Å². The lowest BCUT2D eigenvalue weighted by Crippen LogP contribution is -2.21. The van der Waals surface area contributed by atoms with E-state index in [1.54, 1.807) is 0 Å². The number of non-ortho nitro benzene ring substituents is 1. The third-order valence-corrected chi connectivity index (χ3v) is 3.46. The van der Waals surface area contributed by atoms with E-state index in [4.69, 9.17) is 11.6 Å². The van der Waals surface area contributed by atoms with E-state index in [1.807, 2.05) is 0 Å². The molecule has 0 heterocycles. The van der Waals surface area contributed by atoms with Crippen LogP contribution in [-0.2, 0) is 11.0 Å². The average molecular weight is 390 g/mol. The molecule has 0 aliphatic rings. The minimum absolute atomic E-state index is 0.0625. The Kier molecular flexibility index (Phi) is 5.12. The molecule has 26 heavy (non-hydrogen) atoms. The Bertz CT molecular complexity index is 904. The molecule has 8 nitrogen and oxygen atoms in total. The fourth-order valence-electron chi connectivity index (χ4n) is 2.19. The van der Waals surface area contributed by atoms with Crippen LogP contribution < -0.4 is 4.90 Å². The molecule has 12 heteroatoms. The number of nitrogens with zero attached hydrogens (tertiary/aromatic N) is 3. The molecule has 0 N–H and O–H groups in total. The van der Waals surface area contributed by atoms with Crippen molar-refractivity contribution in [2.45, 2.75) is 6.18 Å². The molecular weight excluding hydrogens is 383 g/mol. The van der Waals surface area contributed by atoms with Crippen LogP contribution in [0.15, 0.2) is 36.4 Å². The lowest BCUT2D eigenvalue weighted by molar-refractivity contribution is -0.394. The maximum Gasteiger partial charge on any atom is 0.418 e. The molecule has 136 valence electrons. The van der Waals surface area contributed by atoms with E-state index in [9.17, 15) is 38.2 Å². The Morgan fingerprint density at radius 1 is 1.08 bits per heavy atom. The highest BCUT2D eigenvalue weighted by Gasteiger charge is 2.41. The van der Waals surface area contributed by atoms with Gasteiger partial charge in [0, 0.05) is 11.1 Å². The van der Waals surface area contributed by atoms with Gasteiger partial charge in [0.1, 0.15) is 5.69 Å². The zero-order valence-electron chi connectivity index (χ0n) is 12.4. The summed E-state index contributed by atoms with van der Waals surface area (Å²) in [6, 6.07) is 5.49. The molecule has 0 aliphatic carbocycles. The van der Waals surface area contributed by atoms with Gasteiger partial charge in [-0.25, -0.2) is 0 Å². The summed E-state index contributed by atoms with van der Waals surface area (Å²) in [4.78, 5) is 31.4. The normalized spacial score (nSPS) is 11.1. The second-order valence-corrected chi connectivity index (χ2v) is 5.26. The predicted molar refractivity (Wildman–Crippen MR) is 84.4 cm³/mol. The molecule has 2 aromatic rings. The van der Waals surface area contributed by atoms with E-state index < -0.39 is 38.6 Å². The second kappa shape index (κ2) is 6.96. The number of nitro benzene ring substituents is 2. The number of alkyl halides is 3.